The molecule has 1 aliphatic heterocycles. The molecular weight excluding hydrogens is 392 g/mol. The molecule has 0 unspecified atom stereocenters. The number of hydrogen-bond acceptors (Lipinski definition) is 4. The van der Waals surface area contributed by atoms with Crippen molar-refractivity contribution in [3.05, 3.63) is 23.3 Å². The van der Waals surface area contributed by atoms with Crippen LogP contribution in [0.5, 0.6) is 0 Å². The first-order chi connectivity index (χ1) is 15.8. The quantitative estimate of drug-likeness (QED) is 0.455. The maximum atomic E-state index is 5.21. The maximum absolute atomic E-state index is 5.21. The molecule has 0 atom stereocenters. The van der Waals surface area contributed by atoms with Gasteiger partial charge in [-0.25, -0.2) is 0 Å². The highest BCUT2D eigenvalue weighted by molar-refractivity contribution is 6.28. The minimum absolute atomic E-state index is 0.999. The van der Waals surface area contributed by atoms with Crippen molar-refractivity contribution in [1.82, 2.24) is 0 Å². The lowest BCUT2D eigenvalue weighted by Gasteiger charge is -2.26. The molecule has 0 N–H and O–H groups in total. The van der Waals surface area contributed by atoms with Gasteiger partial charge in [-0.15, -0.1) is 0 Å². The van der Waals surface area contributed by atoms with Crippen molar-refractivity contribution in [2.75, 3.05) is 0 Å². The number of nitrogens with zero attached hydrogens (tertiary/aromatic N) is 4. The van der Waals surface area contributed by atoms with Crippen molar-refractivity contribution in [3.8, 4) is 0 Å². The summed E-state index contributed by atoms with van der Waals surface area (Å²) in [5.41, 5.74) is 12.2. The molecule has 6 rings (SSSR count). The number of hydrogen-bond donors (Lipinski definition) is 0. The zero-order chi connectivity index (χ0) is 21.3. The van der Waals surface area contributed by atoms with Crippen molar-refractivity contribution in [1.29, 1.82) is 0 Å². The van der Waals surface area contributed by atoms with Crippen LogP contribution in [0.4, 0.5) is 22.7 Å². The number of benzene rings is 1. The number of fused-ring (bicyclic) bond motifs is 1. The number of aliphatic imine (C=N–C) groups is 4. The average Bonchev–Trinajstić information content (AvgIpc) is 2.98. The van der Waals surface area contributed by atoms with Gasteiger partial charge in [-0.3, -0.25) is 20.0 Å². The molecule has 166 valence electrons. The Morgan fingerprint density at radius 3 is 1.44 bits per heavy atom. The average molecular weight is 427 g/mol. The monoisotopic (exact) mass is 426 g/mol. The van der Waals surface area contributed by atoms with Crippen LogP contribution in [0.2, 0.25) is 0 Å². The smallest absolute Gasteiger partial charge is 0.0912 e. The summed E-state index contributed by atoms with van der Waals surface area (Å²) < 4.78 is 0. The standard InChI is InChI=1S/C28H34N4/c1-3-11-20(12-4-1)29-24-17-26-27(18-25(24)30-21-13-5-2-6-14-21)32-23-16-8-10-19-9-7-15-22(31-26)28(19)23/h17-18H,1-16H2. The Hall–Kier alpha value is -2.36. The Labute approximate surface area is 191 Å². The van der Waals surface area contributed by atoms with Crippen molar-refractivity contribution in [3.63, 3.8) is 0 Å². The van der Waals surface area contributed by atoms with Gasteiger partial charge in [0.25, 0.3) is 0 Å². The van der Waals surface area contributed by atoms with E-state index in [0.29, 0.717) is 0 Å². The van der Waals surface area contributed by atoms with Gasteiger partial charge in [0.2, 0.25) is 0 Å². The van der Waals surface area contributed by atoms with Gasteiger partial charge >= 0.3 is 0 Å². The summed E-state index contributed by atoms with van der Waals surface area (Å²) in [5, 5.41) is 0. The van der Waals surface area contributed by atoms with E-state index in [9.17, 15) is 0 Å². The van der Waals surface area contributed by atoms with Gasteiger partial charge in [-0.05, 0) is 102 Å². The van der Waals surface area contributed by atoms with Crippen LogP contribution in [0.1, 0.15) is 103 Å². The van der Waals surface area contributed by atoms with Gasteiger partial charge in [0.05, 0.1) is 34.2 Å². The van der Waals surface area contributed by atoms with Crippen LogP contribution in [-0.2, 0) is 0 Å². The van der Waals surface area contributed by atoms with Gasteiger partial charge in [-0.1, -0.05) is 18.4 Å². The SMILES string of the molecule is c1c(N=C2CCCCC2)c(N=C2CCCCC2)cc2c1N=C1CCCC3=C1C(=N2)CCC3. The highest BCUT2D eigenvalue weighted by atomic mass is 14.9. The fourth-order valence-corrected chi connectivity index (χ4v) is 6.05. The van der Waals surface area contributed by atoms with E-state index in [1.807, 2.05) is 0 Å². The van der Waals surface area contributed by atoms with Crippen LogP contribution in [0.15, 0.2) is 43.2 Å². The lowest BCUT2D eigenvalue weighted by atomic mass is 9.80. The first kappa shape index (κ1) is 20.3. The van der Waals surface area contributed by atoms with Crippen LogP contribution in [0.25, 0.3) is 0 Å². The van der Waals surface area contributed by atoms with Crippen molar-refractivity contribution in [2.24, 2.45) is 20.0 Å². The van der Waals surface area contributed by atoms with E-state index in [1.54, 1.807) is 5.57 Å². The van der Waals surface area contributed by atoms with E-state index in [4.69, 9.17) is 20.0 Å². The Morgan fingerprint density at radius 1 is 0.500 bits per heavy atom. The minimum atomic E-state index is 0.999. The molecule has 0 bridgehead atoms. The normalized spacial score (nSPS) is 23.0. The molecule has 0 aromatic heterocycles. The Balaban J connectivity index is 1.49. The van der Waals surface area contributed by atoms with Crippen LogP contribution in [0, 0.1) is 0 Å². The summed E-state index contributed by atoms with van der Waals surface area (Å²) in [6.07, 6.45) is 19.3. The topological polar surface area (TPSA) is 49.4 Å². The van der Waals surface area contributed by atoms with Crippen LogP contribution >= 0.6 is 0 Å². The molecule has 5 aliphatic rings. The predicted octanol–water partition coefficient (Wildman–Crippen LogP) is 8.58. The first-order valence-corrected chi connectivity index (χ1v) is 13.0. The fourth-order valence-electron chi connectivity index (χ4n) is 6.05. The molecule has 1 aromatic carbocycles. The maximum Gasteiger partial charge on any atom is 0.0912 e. The molecule has 4 nitrogen and oxygen atoms in total. The number of rotatable bonds is 2. The van der Waals surface area contributed by atoms with E-state index >= 15 is 0 Å². The molecule has 2 saturated carbocycles. The van der Waals surface area contributed by atoms with E-state index in [1.165, 1.54) is 92.6 Å². The third-order valence-electron chi connectivity index (χ3n) is 7.72. The van der Waals surface area contributed by atoms with Crippen LogP contribution in [0.3, 0.4) is 0 Å². The fraction of sp³-hybridized carbons (Fsp3) is 0.571. The lowest BCUT2D eigenvalue weighted by molar-refractivity contribution is 0.666. The Bertz CT molecular complexity index is 984. The van der Waals surface area contributed by atoms with E-state index < -0.39 is 0 Å². The van der Waals surface area contributed by atoms with Crippen LogP contribution in [-0.4, -0.2) is 22.8 Å². The first-order valence-electron chi connectivity index (χ1n) is 13.0. The van der Waals surface area contributed by atoms with Gasteiger partial charge in [0, 0.05) is 17.0 Å². The van der Waals surface area contributed by atoms with E-state index in [0.717, 1.165) is 61.3 Å². The molecule has 0 amide bonds. The lowest BCUT2D eigenvalue weighted by Crippen LogP contribution is -2.22. The van der Waals surface area contributed by atoms with Crippen molar-refractivity contribution >= 4 is 45.6 Å². The van der Waals surface area contributed by atoms with Crippen molar-refractivity contribution in [2.45, 2.75) is 103 Å². The molecule has 4 heteroatoms. The summed E-state index contributed by atoms with van der Waals surface area (Å²) in [5.74, 6) is 0. The number of allylic oxidation sites excluding steroid dienone is 2. The van der Waals surface area contributed by atoms with Crippen LogP contribution < -0.4 is 0 Å². The van der Waals surface area contributed by atoms with Gasteiger partial charge in [0.15, 0.2) is 0 Å². The van der Waals surface area contributed by atoms with Gasteiger partial charge in [-0.2, -0.15) is 0 Å². The summed E-state index contributed by atoms with van der Waals surface area (Å²) in [6.45, 7) is 0. The molecule has 0 saturated heterocycles. The molecule has 0 radical (unpaired) electrons. The predicted molar refractivity (Wildman–Crippen MR) is 136 cm³/mol. The van der Waals surface area contributed by atoms with Crippen molar-refractivity contribution < 1.29 is 0 Å². The zero-order valence-electron chi connectivity index (χ0n) is 19.3. The molecule has 1 heterocycles. The van der Waals surface area contributed by atoms with Gasteiger partial charge < -0.3 is 0 Å². The summed E-state index contributed by atoms with van der Waals surface area (Å²) in [4.78, 5) is 20.8. The third kappa shape index (κ3) is 4.04. The highest BCUT2D eigenvalue weighted by Crippen LogP contribution is 2.45. The summed E-state index contributed by atoms with van der Waals surface area (Å²) in [6, 6.07) is 4.39. The molecule has 1 aromatic rings. The second-order valence-electron chi connectivity index (χ2n) is 10.1. The zero-order valence-corrected chi connectivity index (χ0v) is 19.3. The molecular formula is C28H34N4. The Kier molecular flexibility index (Phi) is 5.62. The molecule has 32 heavy (non-hydrogen) atoms. The summed E-state index contributed by atoms with van der Waals surface area (Å²) >= 11 is 0. The largest absolute Gasteiger partial charge is 0.255 e. The molecule has 0 spiro atoms. The molecule has 2 fully saturated rings. The third-order valence-corrected chi connectivity index (χ3v) is 7.72. The van der Waals surface area contributed by atoms with Gasteiger partial charge in [0.1, 0.15) is 0 Å². The highest BCUT2D eigenvalue weighted by Gasteiger charge is 2.28. The molecule has 4 aliphatic carbocycles. The Morgan fingerprint density at radius 2 is 0.969 bits per heavy atom. The second kappa shape index (κ2) is 8.88. The van der Waals surface area contributed by atoms with E-state index in [-0.39, 0.29) is 0 Å². The summed E-state index contributed by atoms with van der Waals surface area (Å²) in [7, 11) is 0. The second-order valence-corrected chi connectivity index (χ2v) is 10.1. The minimum Gasteiger partial charge on any atom is -0.255 e. The van der Waals surface area contributed by atoms with E-state index in [2.05, 4.69) is 12.1 Å².